The molecule has 0 aromatic carbocycles. The van der Waals surface area contributed by atoms with Gasteiger partial charge >= 0.3 is 0 Å². The molecule has 0 aliphatic carbocycles. The molecule has 0 bridgehead atoms. The molecule has 0 amide bonds. The van der Waals surface area contributed by atoms with E-state index >= 15 is 0 Å². The Kier molecular flexibility index (Phi) is 3.97. The lowest BCUT2D eigenvalue weighted by molar-refractivity contribution is 0.0938. The van der Waals surface area contributed by atoms with Crippen molar-refractivity contribution in [2.24, 2.45) is 5.84 Å². The highest BCUT2D eigenvalue weighted by Gasteiger charge is 2.24. The topological polar surface area (TPSA) is 54.2 Å². The maximum absolute atomic E-state index is 5.42. The van der Waals surface area contributed by atoms with Gasteiger partial charge in [0.2, 0.25) is 0 Å². The van der Waals surface area contributed by atoms with Crippen molar-refractivity contribution < 1.29 is 0 Å². The summed E-state index contributed by atoms with van der Waals surface area (Å²) in [5.74, 6) is 5.42. The standard InChI is InChI=1S/C13H22N4/c1-10-4-3-5-11(2)17(10)9-13-8-12(16-14)6-7-15-13/h6-8,10-11H,3-5,9,14H2,1-2H3,(H,15,16). The van der Waals surface area contributed by atoms with E-state index in [0.717, 1.165) is 17.9 Å². The highest BCUT2D eigenvalue weighted by molar-refractivity contribution is 5.41. The van der Waals surface area contributed by atoms with Gasteiger partial charge < -0.3 is 5.43 Å². The molecule has 4 nitrogen and oxygen atoms in total. The van der Waals surface area contributed by atoms with Crippen LogP contribution in [0.1, 0.15) is 38.8 Å². The van der Waals surface area contributed by atoms with Gasteiger partial charge in [-0.25, -0.2) is 0 Å². The zero-order chi connectivity index (χ0) is 12.3. The molecular weight excluding hydrogens is 212 g/mol. The van der Waals surface area contributed by atoms with E-state index in [1.807, 2.05) is 18.3 Å². The van der Waals surface area contributed by atoms with Gasteiger partial charge in [-0.3, -0.25) is 15.7 Å². The summed E-state index contributed by atoms with van der Waals surface area (Å²) in [6.07, 6.45) is 5.73. The number of piperidine rings is 1. The van der Waals surface area contributed by atoms with E-state index in [1.54, 1.807) is 0 Å². The van der Waals surface area contributed by atoms with Gasteiger partial charge in [-0.1, -0.05) is 6.42 Å². The van der Waals surface area contributed by atoms with Gasteiger partial charge in [-0.15, -0.1) is 0 Å². The molecule has 2 heterocycles. The van der Waals surface area contributed by atoms with Crippen LogP contribution in [0.2, 0.25) is 0 Å². The first kappa shape index (κ1) is 12.3. The third kappa shape index (κ3) is 2.96. The van der Waals surface area contributed by atoms with Crippen molar-refractivity contribution in [1.82, 2.24) is 9.88 Å². The molecule has 94 valence electrons. The Labute approximate surface area is 103 Å². The summed E-state index contributed by atoms with van der Waals surface area (Å²) in [5, 5.41) is 0. The third-order valence-electron chi connectivity index (χ3n) is 3.70. The number of hydrogen-bond donors (Lipinski definition) is 2. The van der Waals surface area contributed by atoms with Crippen LogP contribution >= 0.6 is 0 Å². The Hall–Kier alpha value is -1.13. The summed E-state index contributed by atoms with van der Waals surface area (Å²) in [4.78, 5) is 6.95. The smallest absolute Gasteiger partial charge is 0.0565 e. The summed E-state index contributed by atoms with van der Waals surface area (Å²) >= 11 is 0. The normalized spacial score (nSPS) is 25.8. The summed E-state index contributed by atoms with van der Waals surface area (Å²) in [6.45, 7) is 5.53. The Bertz CT molecular complexity index is 356. The van der Waals surface area contributed by atoms with Crippen LogP contribution in [0.4, 0.5) is 5.69 Å². The Morgan fingerprint density at radius 3 is 2.76 bits per heavy atom. The van der Waals surface area contributed by atoms with Gasteiger partial charge in [0.1, 0.15) is 0 Å². The lowest BCUT2D eigenvalue weighted by Crippen LogP contribution is -2.43. The van der Waals surface area contributed by atoms with Crippen LogP contribution in [0.5, 0.6) is 0 Å². The molecule has 3 N–H and O–H groups in total. The molecule has 0 saturated carbocycles. The zero-order valence-electron chi connectivity index (χ0n) is 10.7. The Morgan fingerprint density at radius 2 is 2.12 bits per heavy atom. The van der Waals surface area contributed by atoms with E-state index in [4.69, 9.17) is 5.84 Å². The number of anilines is 1. The minimum absolute atomic E-state index is 0.648. The first-order valence-corrected chi connectivity index (χ1v) is 6.38. The fourth-order valence-electron chi connectivity index (χ4n) is 2.63. The van der Waals surface area contributed by atoms with Gasteiger partial charge in [-0.05, 0) is 38.8 Å². The number of hydrazine groups is 1. The van der Waals surface area contributed by atoms with E-state index in [1.165, 1.54) is 19.3 Å². The number of hydrogen-bond acceptors (Lipinski definition) is 4. The van der Waals surface area contributed by atoms with Gasteiger partial charge in [0.05, 0.1) is 11.4 Å². The van der Waals surface area contributed by atoms with Crippen LogP contribution in [0.25, 0.3) is 0 Å². The van der Waals surface area contributed by atoms with Gasteiger partial charge in [0.15, 0.2) is 0 Å². The highest BCUT2D eigenvalue weighted by atomic mass is 15.2. The molecule has 2 atom stereocenters. The molecule has 1 aliphatic heterocycles. The average molecular weight is 234 g/mol. The third-order valence-corrected chi connectivity index (χ3v) is 3.70. The summed E-state index contributed by atoms with van der Waals surface area (Å²) < 4.78 is 0. The van der Waals surface area contributed by atoms with Crippen molar-refractivity contribution in [1.29, 1.82) is 0 Å². The number of aromatic nitrogens is 1. The summed E-state index contributed by atoms with van der Waals surface area (Å²) in [7, 11) is 0. The Balaban J connectivity index is 2.07. The van der Waals surface area contributed by atoms with Crippen molar-refractivity contribution in [3.05, 3.63) is 24.0 Å². The van der Waals surface area contributed by atoms with E-state index in [0.29, 0.717) is 12.1 Å². The Morgan fingerprint density at radius 1 is 1.41 bits per heavy atom. The molecular formula is C13H22N4. The first-order valence-electron chi connectivity index (χ1n) is 6.38. The van der Waals surface area contributed by atoms with Crippen LogP contribution < -0.4 is 11.3 Å². The fourth-order valence-corrected chi connectivity index (χ4v) is 2.63. The van der Waals surface area contributed by atoms with Crippen LogP contribution in [0.3, 0.4) is 0 Å². The number of nitrogen functional groups attached to an aromatic ring is 1. The van der Waals surface area contributed by atoms with Crippen molar-refractivity contribution in [2.75, 3.05) is 5.43 Å². The van der Waals surface area contributed by atoms with Crippen molar-refractivity contribution in [3.63, 3.8) is 0 Å². The number of nitrogens with zero attached hydrogens (tertiary/aromatic N) is 2. The number of nitrogens with two attached hydrogens (primary N) is 1. The van der Waals surface area contributed by atoms with Crippen LogP contribution in [-0.4, -0.2) is 22.0 Å². The monoisotopic (exact) mass is 234 g/mol. The van der Waals surface area contributed by atoms with Crippen LogP contribution in [-0.2, 0) is 6.54 Å². The minimum Gasteiger partial charge on any atom is -0.324 e. The van der Waals surface area contributed by atoms with Gasteiger partial charge in [0.25, 0.3) is 0 Å². The zero-order valence-corrected chi connectivity index (χ0v) is 10.7. The molecule has 0 radical (unpaired) electrons. The van der Waals surface area contributed by atoms with E-state index in [-0.39, 0.29) is 0 Å². The number of likely N-dealkylation sites (tertiary alicyclic amines) is 1. The average Bonchev–Trinajstić information content (AvgIpc) is 2.34. The maximum atomic E-state index is 5.42. The molecule has 0 spiro atoms. The lowest BCUT2D eigenvalue weighted by Gasteiger charge is -2.38. The molecule has 2 rings (SSSR count). The first-order chi connectivity index (χ1) is 8.20. The second kappa shape index (κ2) is 5.47. The molecule has 1 aliphatic rings. The lowest BCUT2D eigenvalue weighted by atomic mass is 9.97. The molecule has 1 saturated heterocycles. The number of pyridine rings is 1. The molecule has 17 heavy (non-hydrogen) atoms. The predicted octanol–water partition coefficient (Wildman–Crippen LogP) is 2.13. The molecule has 2 unspecified atom stereocenters. The molecule has 4 heteroatoms. The van der Waals surface area contributed by atoms with Crippen molar-refractivity contribution >= 4 is 5.69 Å². The summed E-state index contributed by atoms with van der Waals surface area (Å²) in [5.41, 5.74) is 4.68. The van der Waals surface area contributed by atoms with Crippen molar-refractivity contribution in [2.45, 2.75) is 51.7 Å². The second-order valence-corrected chi connectivity index (χ2v) is 4.98. The van der Waals surface area contributed by atoms with E-state index < -0.39 is 0 Å². The van der Waals surface area contributed by atoms with E-state index in [9.17, 15) is 0 Å². The summed E-state index contributed by atoms with van der Waals surface area (Å²) in [6, 6.07) is 5.20. The van der Waals surface area contributed by atoms with Crippen molar-refractivity contribution in [3.8, 4) is 0 Å². The number of rotatable bonds is 3. The largest absolute Gasteiger partial charge is 0.324 e. The number of nitrogens with one attached hydrogen (secondary N) is 1. The van der Waals surface area contributed by atoms with Gasteiger partial charge in [-0.2, -0.15) is 0 Å². The fraction of sp³-hybridized carbons (Fsp3) is 0.615. The molecule has 1 aromatic heterocycles. The van der Waals surface area contributed by atoms with Gasteiger partial charge in [0, 0.05) is 24.8 Å². The van der Waals surface area contributed by atoms with E-state index in [2.05, 4.69) is 29.2 Å². The minimum atomic E-state index is 0.648. The SMILES string of the molecule is CC1CCCC(C)N1Cc1cc(NN)ccn1. The van der Waals surface area contributed by atoms with Crippen LogP contribution in [0, 0.1) is 0 Å². The molecule has 1 aromatic rings. The second-order valence-electron chi connectivity index (χ2n) is 4.98. The predicted molar refractivity (Wildman–Crippen MR) is 70.4 cm³/mol. The van der Waals surface area contributed by atoms with Crippen LogP contribution in [0.15, 0.2) is 18.3 Å². The highest BCUT2D eigenvalue weighted by Crippen LogP contribution is 2.24. The quantitative estimate of drug-likeness (QED) is 0.621. The molecule has 1 fully saturated rings. The maximum Gasteiger partial charge on any atom is 0.0565 e.